The van der Waals surface area contributed by atoms with Gasteiger partial charge in [0.15, 0.2) is 5.57 Å². The molecule has 3 heterocycles. The SMILES string of the molecule is N#C/C(C(=O)OCCCCOCc1ccccc1)=C(\Nc1cccc2c(Cl)c[nH]c12)N[C@H]1CCCCN(CC(=O)N2CCCC2)C1=O. The molecule has 2 saturated heterocycles. The fourth-order valence-corrected chi connectivity index (χ4v) is 6.05. The molecule has 0 saturated carbocycles. The number of anilines is 1. The number of aromatic amines is 1. The van der Waals surface area contributed by atoms with Crippen molar-refractivity contribution in [2.45, 2.75) is 57.6 Å². The third kappa shape index (κ3) is 9.05. The second kappa shape index (κ2) is 16.9. The number of esters is 1. The molecule has 11 nitrogen and oxygen atoms in total. The number of carbonyl (C=O) groups excluding carboxylic acids is 3. The average Bonchev–Trinajstić information content (AvgIpc) is 3.73. The van der Waals surface area contributed by atoms with Gasteiger partial charge in [0.25, 0.3) is 0 Å². The summed E-state index contributed by atoms with van der Waals surface area (Å²) in [5, 5.41) is 17.8. The Morgan fingerprint density at radius 2 is 1.77 bits per heavy atom. The molecule has 12 heteroatoms. The quantitative estimate of drug-likeness (QED) is 0.0939. The number of aromatic nitrogens is 1. The fraction of sp³-hybridized carbons (Fsp3) is 0.429. The van der Waals surface area contributed by atoms with Gasteiger partial charge < -0.3 is 34.9 Å². The van der Waals surface area contributed by atoms with Crippen LogP contribution in [0.3, 0.4) is 0 Å². The summed E-state index contributed by atoms with van der Waals surface area (Å²) in [4.78, 5) is 46.5. The zero-order chi connectivity index (χ0) is 33.0. The van der Waals surface area contributed by atoms with E-state index in [1.165, 1.54) is 0 Å². The lowest BCUT2D eigenvalue weighted by Crippen LogP contribution is -2.49. The van der Waals surface area contributed by atoms with Gasteiger partial charge in [-0.05, 0) is 56.6 Å². The van der Waals surface area contributed by atoms with E-state index in [2.05, 4.69) is 15.6 Å². The molecule has 0 aliphatic carbocycles. The molecule has 2 aliphatic rings. The van der Waals surface area contributed by atoms with E-state index in [-0.39, 0.29) is 36.4 Å². The number of rotatable bonds is 14. The van der Waals surface area contributed by atoms with E-state index in [0.717, 1.165) is 36.6 Å². The van der Waals surface area contributed by atoms with Gasteiger partial charge in [0, 0.05) is 37.8 Å². The molecule has 2 aliphatic heterocycles. The summed E-state index contributed by atoms with van der Waals surface area (Å²) in [7, 11) is 0. The molecule has 2 aromatic carbocycles. The van der Waals surface area contributed by atoms with Crippen molar-refractivity contribution in [2.75, 3.05) is 44.7 Å². The molecule has 47 heavy (non-hydrogen) atoms. The van der Waals surface area contributed by atoms with Gasteiger partial charge in [0.2, 0.25) is 11.8 Å². The van der Waals surface area contributed by atoms with Crippen molar-refractivity contribution in [3.05, 3.63) is 76.7 Å². The molecule has 3 aromatic rings. The van der Waals surface area contributed by atoms with Crippen molar-refractivity contribution in [3.63, 3.8) is 0 Å². The van der Waals surface area contributed by atoms with Crippen molar-refractivity contribution in [2.24, 2.45) is 0 Å². The molecule has 0 bridgehead atoms. The number of unbranched alkanes of at least 4 members (excludes halogenated alkanes) is 1. The van der Waals surface area contributed by atoms with Crippen molar-refractivity contribution >= 4 is 46.0 Å². The second-order valence-corrected chi connectivity index (χ2v) is 12.2. The number of H-pyrrole nitrogens is 1. The van der Waals surface area contributed by atoms with Crippen molar-refractivity contribution in [1.82, 2.24) is 20.1 Å². The van der Waals surface area contributed by atoms with Gasteiger partial charge in [-0.2, -0.15) is 5.26 Å². The zero-order valence-corrected chi connectivity index (χ0v) is 27.2. The van der Waals surface area contributed by atoms with Gasteiger partial charge in [0.1, 0.15) is 17.9 Å². The van der Waals surface area contributed by atoms with Crippen LogP contribution in [0.25, 0.3) is 10.9 Å². The van der Waals surface area contributed by atoms with E-state index >= 15 is 0 Å². The third-order valence-corrected chi connectivity index (χ3v) is 8.72. The summed E-state index contributed by atoms with van der Waals surface area (Å²) in [6.07, 6.45) is 6.76. The van der Waals surface area contributed by atoms with Crippen molar-refractivity contribution in [3.8, 4) is 6.07 Å². The lowest BCUT2D eigenvalue weighted by molar-refractivity contribution is -0.140. The number of para-hydroxylation sites is 1. The molecule has 0 radical (unpaired) electrons. The maximum atomic E-state index is 13.8. The van der Waals surface area contributed by atoms with Crippen LogP contribution < -0.4 is 10.6 Å². The number of likely N-dealkylation sites (tertiary alicyclic amines) is 2. The molecule has 5 rings (SSSR count). The lowest BCUT2D eigenvalue weighted by atomic mass is 10.1. The van der Waals surface area contributed by atoms with E-state index < -0.39 is 12.0 Å². The molecule has 248 valence electrons. The molecule has 1 atom stereocenters. The summed E-state index contributed by atoms with van der Waals surface area (Å²) in [6.45, 7) is 3.00. The van der Waals surface area contributed by atoms with E-state index in [1.54, 1.807) is 28.1 Å². The van der Waals surface area contributed by atoms with Gasteiger partial charge in [-0.3, -0.25) is 9.59 Å². The first-order valence-electron chi connectivity index (χ1n) is 16.2. The maximum absolute atomic E-state index is 13.8. The minimum Gasteiger partial charge on any atom is -0.461 e. The Labute approximate surface area is 279 Å². The number of nitrogens with zero attached hydrogens (tertiary/aromatic N) is 3. The van der Waals surface area contributed by atoms with Crippen molar-refractivity contribution in [1.29, 1.82) is 5.26 Å². The van der Waals surface area contributed by atoms with E-state index in [4.69, 9.17) is 21.1 Å². The Kier molecular flexibility index (Phi) is 12.1. The van der Waals surface area contributed by atoms with Gasteiger partial charge in [-0.15, -0.1) is 0 Å². The molecule has 2 fully saturated rings. The predicted molar refractivity (Wildman–Crippen MR) is 179 cm³/mol. The molecule has 0 unspecified atom stereocenters. The van der Waals surface area contributed by atoms with E-state index in [1.807, 2.05) is 42.5 Å². The third-order valence-electron chi connectivity index (χ3n) is 8.40. The number of carbonyl (C=O) groups is 3. The minimum absolute atomic E-state index is 0.00594. The number of hydrogen-bond acceptors (Lipinski definition) is 8. The molecule has 1 aromatic heterocycles. The summed E-state index contributed by atoms with van der Waals surface area (Å²) in [5.74, 6) is -1.08. The van der Waals surface area contributed by atoms with E-state index in [9.17, 15) is 19.6 Å². The van der Waals surface area contributed by atoms with Crippen LogP contribution in [0.1, 0.15) is 50.5 Å². The number of fused-ring (bicyclic) bond motifs is 1. The Bertz CT molecular complexity index is 1610. The zero-order valence-electron chi connectivity index (χ0n) is 26.4. The minimum atomic E-state index is -0.813. The molecular formula is C35H41ClN6O5. The highest BCUT2D eigenvalue weighted by atomic mass is 35.5. The highest BCUT2D eigenvalue weighted by Gasteiger charge is 2.32. The Balaban J connectivity index is 1.28. The predicted octanol–water partition coefficient (Wildman–Crippen LogP) is 5.10. The van der Waals surface area contributed by atoms with Crippen LogP contribution in [0, 0.1) is 11.3 Å². The highest BCUT2D eigenvalue weighted by Crippen LogP contribution is 2.29. The maximum Gasteiger partial charge on any atom is 0.352 e. The van der Waals surface area contributed by atoms with Gasteiger partial charge in [0.05, 0.1) is 36.0 Å². The smallest absolute Gasteiger partial charge is 0.352 e. The summed E-state index contributed by atoms with van der Waals surface area (Å²) >= 11 is 6.35. The first-order valence-corrected chi connectivity index (χ1v) is 16.6. The van der Waals surface area contributed by atoms with Crippen LogP contribution in [-0.2, 0) is 30.5 Å². The highest BCUT2D eigenvalue weighted by molar-refractivity contribution is 6.36. The topological polar surface area (TPSA) is 140 Å². The molecular weight excluding hydrogens is 620 g/mol. The number of nitriles is 1. The van der Waals surface area contributed by atoms with Crippen LogP contribution in [0.15, 0.2) is 66.1 Å². The van der Waals surface area contributed by atoms with Gasteiger partial charge >= 0.3 is 5.97 Å². The number of ether oxygens (including phenoxy) is 2. The summed E-state index contributed by atoms with van der Waals surface area (Å²) < 4.78 is 11.2. The Morgan fingerprint density at radius 1 is 1.00 bits per heavy atom. The second-order valence-electron chi connectivity index (χ2n) is 11.8. The van der Waals surface area contributed by atoms with Crippen molar-refractivity contribution < 1.29 is 23.9 Å². The van der Waals surface area contributed by atoms with Crippen LogP contribution in [-0.4, -0.2) is 78.0 Å². The first kappa shape index (κ1) is 33.8. The number of amides is 2. The molecule has 2 amide bonds. The number of halogens is 1. The summed E-state index contributed by atoms with van der Waals surface area (Å²) in [5.41, 5.74) is 2.01. The van der Waals surface area contributed by atoms with Gasteiger partial charge in [-0.25, -0.2) is 4.79 Å². The molecule has 0 spiro atoms. The number of benzene rings is 2. The molecule has 3 N–H and O–H groups in total. The normalized spacial score (nSPS) is 17.2. The fourth-order valence-electron chi connectivity index (χ4n) is 5.84. The van der Waals surface area contributed by atoms with Crippen LogP contribution in [0.4, 0.5) is 5.69 Å². The average molecular weight is 661 g/mol. The number of nitrogens with one attached hydrogen (secondary N) is 3. The van der Waals surface area contributed by atoms with E-state index in [0.29, 0.717) is 68.3 Å². The Hall–Kier alpha value is -4.53. The lowest BCUT2D eigenvalue weighted by Gasteiger charge is -2.28. The van der Waals surface area contributed by atoms with Crippen LogP contribution >= 0.6 is 11.6 Å². The van der Waals surface area contributed by atoms with Gasteiger partial charge in [-0.1, -0.05) is 54.1 Å². The summed E-state index contributed by atoms with van der Waals surface area (Å²) in [6, 6.07) is 16.5. The largest absolute Gasteiger partial charge is 0.461 e. The van der Waals surface area contributed by atoms with Crippen LogP contribution in [0.5, 0.6) is 0 Å². The first-order chi connectivity index (χ1) is 22.9. The van der Waals surface area contributed by atoms with Crippen LogP contribution in [0.2, 0.25) is 5.02 Å². The Morgan fingerprint density at radius 3 is 2.55 bits per heavy atom. The number of hydrogen-bond donors (Lipinski definition) is 3. The monoisotopic (exact) mass is 660 g/mol. The standard InChI is InChI=1S/C35H41ClN6O5/c36-28-22-38-32-26(28)13-10-15-29(32)39-33(27(21-37)35(45)47-20-9-8-19-46-24-25-11-2-1-3-12-25)40-30-14-4-5-18-42(34(30)44)23-31(43)41-16-6-7-17-41/h1-3,10-13,15,22,30,38-40H,4-9,14,16-20,23-24H2/b33-27-/t30-/m0/s1.